The first-order valence-electron chi connectivity index (χ1n) is 6.84. The topological polar surface area (TPSA) is 56.3 Å². The molecule has 5 heteroatoms. The van der Waals surface area contributed by atoms with E-state index in [1.165, 1.54) is 0 Å². The molecule has 0 amide bonds. The molecule has 1 aromatic carbocycles. The number of hydrogen-bond acceptors (Lipinski definition) is 5. The summed E-state index contributed by atoms with van der Waals surface area (Å²) in [5, 5.41) is 11.6. The molecule has 2 heterocycles. The van der Waals surface area contributed by atoms with Gasteiger partial charge >= 0.3 is 0 Å². The van der Waals surface area contributed by atoms with Crippen LogP contribution in [0.2, 0.25) is 0 Å². The van der Waals surface area contributed by atoms with Gasteiger partial charge < -0.3 is 14.8 Å². The molecule has 0 fully saturated rings. The minimum atomic E-state index is 0.585. The predicted molar refractivity (Wildman–Crippen MR) is 77.2 cm³/mol. The van der Waals surface area contributed by atoms with Crippen molar-refractivity contribution in [1.29, 1.82) is 0 Å². The van der Waals surface area contributed by atoms with E-state index in [0.29, 0.717) is 13.2 Å². The van der Waals surface area contributed by atoms with Crippen LogP contribution in [0, 0.1) is 0 Å². The number of hydrogen-bond donors (Lipinski definition) is 1. The number of nitrogens with one attached hydrogen (secondary N) is 1. The van der Waals surface area contributed by atoms with Gasteiger partial charge in [0, 0.05) is 12.1 Å². The minimum absolute atomic E-state index is 0.585. The molecule has 0 spiro atoms. The van der Waals surface area contributed by atoms with E-state index in [1.807, 2.05) is 30.3 Å². The Balaban J connectivity index is 1.81. The standard InChI is InChI=1S/C15H17N3O2/c1-2-7-16-15-6-4-12(17-18-15)11-3-5-13-14(10-11)20-9-8-19-13/h3-6,10H,2,7-9H2,1H3,(H,16,18). The number of anilines is 1. The molecular weight excluding hydrogens is 254 g/mol. The third-order valence-electron chi connectivity index (χ3n) is 3.06. The van der Waals surface area contributed by atoms with Gasteiger partial charge in [-0.15, -0.1) is 10.2 Å². The average molecular weight is 271 g/mol. The lowest BCUT2D eigenvalue weighted by molar-refractivity contribution is 0.171. The second kappa shape index (κ2) is 5.77. The van der Waals surface area contributed by atoms with Gasteiger partial charge in [-0.1, -0.05) is 6.92 Å². The highest BCUT2D eigenvalue weighted by molar-refractivity contribution is 5.64. The first-order valence-corrected chi connectivity index (χ1v) is 6.84. The van der Waals surface area contributed by atoms with Crippen molar-refractivity contribution < 1.29 is 9.47 Å². The molecule has 0 bridgehead atoms. The van der Waals surface area contributed by atoms with Crippen LogP contribution in [-0.4, -0.2) is 30.0 Å². The number of fused-ring (bicyclic) bond motifs is 1. The maximum absolute atomic E-state index is 5.58. The molecule has 1 aliphatic rings. The van der Waals surface area contributed by atoms with Crippen LogP contribution in [0.5, 0.6) is 11.5 Å². The lowest BCUT2D eigenvalue weighted by atomic mass is 10.1. The van der Waals surface area contributed by atoms with E-state index < -0.39 is 0 Å². The van der Waals surface area contributed by atoms with Gasteiger partial charge in [-0.25, -0.2) is 0 Å². The zero-order chi connectivity index (χ0) is 13.8. The zero-order valence-electron chi connectivity index (χ0n) is 11.4. The lowest BCUT2D eigenvalue weighted by Crippen LogP contribution is -2.15. The monoisotopic (exact) mass is 271 g/mol. The highest BCUT2D eigenvalue weighted by atomic mass is 16.6. The Kier molecular flexibility index (Phi) is 3.67. The maximum Gasteiger partial charge on any atom is 0.162 e. The number of rotatable bonds is 4. The van der Waals surface area contributed by atoms with E-state index in [1.54, 1.807) is 0 Å². The first-order chi connectivity index (χ1) is 9.86. The van der Waals surface area contributed by atoms with E-state index in [4.69, 9.17) is 9.47 Å². The molecule has 1 aliphatic heterocycles. The Bertz CT molecular complexity index is 584. The number of ether oxygens (including phenoxy) is 2. The van der Waals surface area contributed by atoms with Crippen LogP contribution in [0.4, 0.5) is 5.82 Å². The molecule has 0 saturated heterocycles. The summed E-state index contributed by atoms with van der Waals surface area (Å²) >= 11 is 0. The van der Waals surface area contributed by atoms with E-state index in [-0.39, 0.29) is 0 Å². The van der Waals surface area contributed by atoms with Gasteiger partial charge in [-0.05, 0) is 36.8 Å². The second-order valence-corrected chi connectivity index (χ2v) is 4.59. The average Bonchev–Trinajstić information content (AvgIpc) is 2.53. The largest absolute Gasteiger partial charge is 0.486 e. The summed E-state index contributed by atoms with van der Waals surface area (Å²) in [7, 11) is 0. The van der Waals surface area contributed by atoms with Crippen molar-refractivity contribution in [3.63, 3.8) is 0 Å². The van der Waals surface area contributed by atoms with Crippen LogP contribution in [0.3, 0.4) is 0 Å². The molecule has 0 aliphatic carbocycles. The summed E-state index contributed by atoms with van der Waals surface area (Å²) in [6.07, 6.45) is 1.06. The van der Waals surface area contributed by atoms with Crippen LogP contribution in [0.25, 0.3) is 11.3 Å². The third-order valence-corrected chi connectivity index (χ3v) is 3.06. The highest BCUT2D eigenvalue weighted by Gasteiger charge is 2.13. The molecule has 1 aromatic heterocycles. The molecule has 3 rings (SSSR count). The fourth-order valence-electron chi connectivity index (χ4n) is 2.04. The fraction of sp³-hybridized carbons (Fsp3) is 0.333. The van der Waals surface area contributed by atoms with Crippen molar-refractivity contribution >= 4 is 5.82 Å². The highest BCUT2D eigenvalue weighted by Crippen LogP contribution is 2.33. The van der Waals surface area contributed by atoms with E-state index in [2.05, 4.69) is 22.4 Å². The Morgan fingerprint density at radius 2 is 1.90 bits per heavy atom. The molecular formula is C15H17N3O2. The van der Waals surface area contributed by atoms with Gasteiger partial charge in [0.15, 0.2) is 11.5 Å². The van der Waals surface area contributed by atoms with Crippen LogP contribution in [-0.2, 0) is 0 Å². The van der Waals surface area contributed by atoms with Crippen molar-refractivity contribution in [3.05, 3.63) is 30.3 Å². The Morgan fingerprint density at radius 3 is 2.65 bits per heavy atom. The summed E-state index contributed by atoms with van der Waals surface area (Å²) < 4.78 is 11.1. The van der Waals surface area contributed by atoms with Crippen molar-refractivity contribution in [3.8, 4) is 22.8 Å². The molecule has 0 unspecified atom stereocenters. The summed E-state index contributed by atoms with van der Waals surface area (Å²) in [6, 6.07) is 9.72. The van der Waals surface area contributed by atoms with Gasteiger partial charge in [-0.3, -0.25) is 0 Å². The normalized spacial score (nSPS) is 13.1. The summed E-state index contributed by atoms with van der Waals surface area (Å²) in [5.41, 5.74) is 1.80. The molecule has 2 aromatic rings. The number of aromatic nitrogens is 2. The quantitative estimate of drug-likeness (QED) is 0.926. The molecule has 0 saturated carbocycles. The molecule has 0 radical (unpaired) electrons. The van der Waals surface area contributed by atoms with Gasteiger partial charge in [0.1, 0.15) is 19.0 Å². The van der Waals surface area contributed by atoms with E-state index >= 15 is 0 Å². The van der Waals surface area contributed by atoms with Crippen molar-refractivity contribution in [2.45, 2.75) is 13.3 Å². The number of nitrogens with zero attached hydrogens (tertiary/aromatic N) is 2. The first kappa shape index (κ1) is 12.7. The van der Waals surface area contributed by atoms with E-state index in [9.17, 15) is 0 Å². The van der Waals surface area contributed by atoms with Gasteiger partial charge in [0.2, 0.25) is 0 Å². The Hall–Kier alpha value is -2.30. The van der Waals surface area contributed by atoms with Gasteiger partial charge in [0.05, 0.1) is 5.69 Å². The molecule has 5 nitrogen and oxygen atoms in total. The summed E-state index contributed by atoms with van der Waals surface area (Å²) in [4.78, 5) is 0. The van der Waals surface area contributed by atoms with Crippen LogP contribution < -0.4 is 14.8 Å². The van der Waals surface area contributed by atoms with Crippen LogP contribution >= 0.6 is 0 Å². The summed E-state index contributed by atoms with van der Waals surface area (Å²) in [5.74, 6) is 2.35. The van der Waals surface area contributed by atoms with Gasteiger partial charge in [-0.2, -0.15) is 0 Å². The Morgan fingerprint density at radius 1 is 1.05 bits per heavy atom. The maximum atomic E-state index is 5.58. The van der Waals surface area contributed by atoms with Crippen LogP contribution in [0.15, 0.2) is 30.3 Å². The minimum Gasteiger partial charge on any atom is -0.486 e. The zero-order valence-corrected chi connectivity index (χ0v) is 11.4. The smallest absolute Gasteiger partial charge is 0.162 e. The fourth-order valence-corrected chi connectivity index (χ4v) is 2.04. The van der Waals surface area contributed by atoms with Crippen molar-refractivity contribution in [2.24, 2.45) is 0 Å². The summed E-state index contributed by atoms with van der Waals surface area (Å²) in [6.45, 7) is 4.20. The molecule has 104 valence electrons. The molecule has 1 N–H and O–H groups in total. The number of benzene rings is 1. The molecule has 0 atom stereocenters. The molecule has 20 heavy (non-hydrogen) atoms. The Labute approximate surface area is 117 Å². The van der Waals surface area contributed by atoms with E-state index in [0.717, 1.165) is 41.5 Å². The SMILES string of the molecule is CCCNc1ccc(-c2ccc3c(c2)OCCO3)nn1. The third kappa shape index (κ3) is 2.66. The van der Waals surface area contributed by atoms with Crippen molar-refractivity contribution in [2.75, 3.05) is 25.1 Å². The second-order valence-electron chi connectivity index (χ2n) is 4.59. The predicted octanol–water partition coefficient (Wildman–Crippen LogP) is 2.74. The van der Waals surface area contributed by atoms with Crippen LogP contribution in [0.1, 0.15) is 13.3 Å². The van der Waals surface area contributed by atoms with Gasteiger partial charge in [0.25, 0.3) is 0 Å². The lowest BCUT2D eigenvalue weighted by Gasteiger charge is -2.18. The van der Waals surface area contributed by atoms with Crippen molar-refractivity contribution in [1.82, 2.24) is 10.2 Å².